The zero-order valence-corrected chi connectivity index (χ0v) is 11.9. The van der Waals surface area contributed by atoms with Crippen LogP contribution in [0.3, 0.4) is 0 Å². The van der Waals surface area contributed by atoms with Gasteiger partial charge in [0.1, 0.15) is 0 Å². The van der Waals surface area contributed by atoms with Gasteiger partial charge in [0.15, 0.2) is 0 Å². The third-order valence-electron chi connectivity index (χ3n) is 3.72. The fourth-order valence-electron chi connectivity index (χ4n) is 2.58. The molecule has 1 aromatic heterocycles. The predicted octanol–water partition coefficient (Wildman–Crippen LogP) is 2.94. The lowest BCUT2D eigenvalue weighted by Gasteiger charge is -2.13. The van der Waals surface area contributed by atoms with Crippen molar-refractivity contribution in [2.24, 2.45) is 0 Å². The average Bonchev–Trinajstić information content (AvgIpc) is 3.06. The Labute approximate surface area is 117 Å². The van der Waals surface area contributed by atoms with Crippen molar-refractivity contribution < 1.29 is 4.79 Å². The van der Waals surface area contributed by atoms with E-state index in [-0.39, 0.29) is 5.91 Å². The minimum absolute atomic E-state index is 0.284. The van der Waals surface area contributed by atoms with E-state index in [9.17, 15) is 4.79 Å². The van der Waals surface area contributed by atoms with E-state index >= 15 is 0 Å². The van der Waals surface area contributed by atoms with E-state index in [1.807, 2.05) is 22.9 Å². The van der Waals surface area contributed by atoms with E-state index in [2.05, 4.69) is 30.1 Å². The van der Waals surface area contributed by atoms with Crippen LogP contribution in [0, 0.1) is 6.92 Å². The molecule has 19 heavy (non-hydrogen) atoms. The maximum Gasteiger partial charge on any atom is 0.223 e. The van der Waals surface area contributed by atoms with Gasteiger partial charge in [-0.2, -0.15) is 0 Å². The number of carbonyl (C=O) groups excluding carboxylic acids is 1. The van der Waals surface area contributed by atoms with Gasteiger partial charge in [-0.3, -0.25) is 4.79 Å². The summed E-state index contributed by atoms with van der Waals surface area (Å²) in [4.78, 5) is 17.3. The Kier molecular flexibility index (Phi) is 3.51. The number of aromatic amines is 1. The summed E-state index contributed by atoms with van der Waals surface area (Å²) in [7, 11) is 0. The summed E-state index contributed by atoms with van der Waals surface area (Å²) in [6.45, 7) is 3.02. The first kappa shape index (κ1) is 12.6. The number of para-hydroxylation sites is 1. The number of amides is 1. The van der Waals surface area contributed by atoms with Gasteiger partial charge in [0.25, 0.3) is 0 Å². The molecule has 1 aliphatic heterocycles. The van der Waals surface area contributed by atoms with Gasteiger partial charge in [-0.1, -0.05) is 18.2 Å². The molecular weight excluding hydrogens is 256 g/mol. The van der Waals surface area contributed by atoms with Crippen LogP contribution in [0.2, 0.25) is 0 Å². The van der Waals surface area contributed by atoms with Crippen molar-refractivity contribution in [2.75, 3.05) is 18.2 Å². The summed E-state index contributed by atoms with van der Waals surface area (Å²) in [6, 6.07) is 6.31. The van der Waals surface area contributed by atoms with Crippen LogP contribution in [0.25, 0.3) is 10.9 Å². The maximum absolute atomic E-state index is 12.0. The summed E-state index contributed by atoms with van der Waals surface area (Å²) in [6.07, 6.45) is 3.48. The van der Waals surface area contributed by atoms with E-state index in [4.69, 9.17) is 0 Å². The van der Waals surface area contributed by atoms with Gasteiger partial charge in [-0.25, -0.2) is 0 Å². The topological polar surface area (TPSA) is 36.1 Å². The lowest BCUT2D eigenvalue weighted by Crippen LogP contribution is -2.27. The van der Waals surface area contributed by atoms with Crippen LogP contribution >= 0.6 is 11.8 Å². The Balaban J connectivity index is 1.71. The van der Waals surface area contributed by atoms with E-state index < -0.39 is 0 Å². The molecule has 1 amide bonds. The number of rotatable bonds is 3. The van der Waals surface area contributed by atoms with Crippen LogP contribution in [-0.2, 0) is 11.2 Å². The summed E-state index contributed by atoms with van der Waals surface area (Å²) < 4.78 is 0. The SMILES string of the molecule is Cc1cccc2c(CCC(=O)N3CCSC3)c[nH]c12. The highest BCUT2D eigenvalue weighted by Crippen LogP contribution is 2.23. The van der Waals surface area contributed by atoms with Crippen molar-refractivity contribution >= 4 is 28.6 Å². The third kappa shape index (κ3) is 2.50. The number of H-pyrrole nitrogens is 1. The molecule has 1 N–H and O–H groups in total. The third-order valence-corrected chi connectivity index (χ3v) is 4.69. The van der Waals surface area contributed by atoms with Crippen molar-refractivity contribution in [3.63, 3.8) is 0 Å². The molecule has 1 aromatic carbocycles. The highest BCUT2D eigenvalue weighted by molar-refractivity contribution is 7.99. The number of carbonyl (C=O) groups is 1. The molecular formula is C15H18N2OS. The normalized spacial score (nSPS) is 15.3. The Morgan fingerprint density at radius 1 is 1.47 bits per heavy atom. The molecule has 2 heterocycles. The van der Waals surface area contributed by atoms with Crippen LogP contribution in [0.5, 0.6) is 0 Å². The number of fused-ring (bicyclic) bond motifs is 1. The fraction of sp³-hybridized carbons (Fsp3) is 0.400. The quantitative estimate of drug-likeness (QED) is 0.934. The minimum Gasteiger partial charge on any atom is -0.361 e. The van der Waals surface area contributed by atoms with Crippen molar-refractivity contribution in [1.29, 1.82) is 0 Å². The molecule has 1 saturated heterocycles. The summed E-state index contributed by atoms with van der Waals surface area (Å²) in [5, 5.41) is 1.25. The summed E-state index contributed by atoms with van der Waals surface area (Å²) in [5.74, 6) is 2.23. The average molecular weight is 274 g/mol. The zero-order chi connectivity index (χ0) is 13.2. The number of hydrogen-bond acceptors (Lipinski definition) is 2. The molecule has 0 atom stereocenters. The lowest BCUT2D eigenvalue weighted by molar-refractivity contribution is -0.129. The Morgan fingerprint density at radius 2 is 2.37 bits per heavy atom. The van der Waals surface area contributed by atoms with Gasteiger partial charge in [-0.05, 0) is 24.5 Å². The number of aryl methyl sites for hydroxylation is 2. The molecule has 0 unspecified atom stereocenters. The van der Waals surface area contributed by atoms with E-state index in [1.54, 1.807) is 0 Å². The Morgan fingerprint density at radius 3 is 3.16 bits per heavy atom. The molecule has 1 aliphatic rings. The maximum atomic E-state index is 12.0. The van der Waals surface area contributed by atoms with Gasteiger partial charge in [0.2, 0.25) is 5.91 Å². The Bertz CT molecular complexity index is 599. The molecule has 1 fully saturated rings. The first-order valence-corrected chi connectivity index (χ1v) is 7.82. The molecule has 3 nitrogen and oxygen atoms in total. The van der Waals surface area contributed by atoms with Gasteiger partial charge in [0.05, 0.1) is 5.88 Å². The molecule has 0 aliphatic carbocycles. The Hall–Kier alpha value is -1.42. The second-order valence-corrected chi connectivity index (χ2v) is 6.08. The van der Waals surface area contributed by atoms with Gasteiger partial charge < -0.3 is 9.88 Å². The summed E-state index contributed by atoms with van der Waals surface area (Å²) in [5.41, 5.74) is 3.70. The second kappa shape index (κ2) is 5.29. The van der Waals surface area contributed by atoms with Gasteiger partial charge in [-0.15, -0.1) is 11.8 Å². The fourth-order valence-corrected chi connectivity index (χ4v) is 3.55. The number of nitrogens with one attached hydrogen (secondary N) is 1. The van der Waals surface area contributed by atoms with E-state index in [0.717, 1.165) is 24.6 Å². The van der Waals surface area contributed by atoms with Crippen LogP contribution in [-0.4, -0.2) is 34.0 Å². The molecule has 3 rings (SSSR count). The molecule has 0 radical (unpaired) electrons. The molecule has 0 saturated carbocycles. The lowest BCUT2D eigenvalue weighted by atomic mass is 10.1. The van der Waals surface area contributed by atoms with Gasteiger partial charge in [0, 0.05) is 35.8 Å². The van der Waals surface area contributed by atoms with E-state index in [1.165, 1.54) is 22.0 Å². The number of thioether (sulfide) groups is 1. The predicted molar refractivity (Wildman–Crippen MR) is 80.4 cm³/mol. The van der Waals surface area contributed by atoms with Gasteiger partial charge >= 0.3 is 0 Å². The van der Waals surface area contributed by atoms with Crippen molar-refractivity contribution in [2.45, 2.75) is 19.8 Å². The monoisotopic (exact) mass is 274 g/mol. The largest absolute Gasteiger partial charge is 0.361 e. The zero-order valence-electron chi connectivity index (χ0n) is 11.1. The molecule has 100 valence electrons. The number of aromatic nitrogens is 1. The highest BCUT2D eigenvalue weighted by Gasteiger charge is 2.18. The minimum atomic E-state index is 0.284. The molecule has 0 spiro atoms. The number of nitrogens with zero attached hydrogens (tertiary/aromatic N) is 1. The summed E-state index contributed by atoms with van der Waals surface area (Å²) >= 11 is 1.84. The van der Waals surface area contributed by atoms with Crippen LogP contribution in [0.1, 0.15) is 17.5 Å². The first-order valence-electron chi connectivity index (χ1n) is 6.67. The number of hydrogen-bond donors (Lipinski definition) is 1. The standard InChI is InChI=1S/C15H18N2OS/c1-11-3-2-4-13-12(9-16-15(11)13)5-6-14(18)17-7-8-19-10-17/h2-4,9,16H,5-8,10H2,1H3. The van der Waals surface area contributed by atoms with E-state index in [0.29, 0.717) is 6.42 Å². The van der Waals surface area contributed by atoms with Crippen LogP contribution in [0.4, 0.5) is 0 Å². The van der Waals surface area contributed by atoms with Crippen LogP contribution < -0.4 is 0 Å². The molecule has 2 aromatic rings. The first-order chi connectivity index (χ1) is 9.25. The van der Waals surface area contributed by atoms with Crippen molar-refractivity contribution in [3.8, 4) is 0 Å². The highest BCUT2D eigenvalue weighted by atomic mass is 32.2. The molecule has 4 heteroatoms. The van der Waals surface area contributed by atoms with Crippen molar-refractivity contribution in [3.05, 3.63) is 35.5 Å². The van der Waals surface area contributed by atoms with Crippen LogP contribution in [0.15, 0.2) is 24.4 Å². The number of benzene rings is 1. The smallest absolute Gasteiger partial charge is 0.223 e. The van der Waals surface area contributed by atoms with Crippen molar-refractivity contribution in [1.82, 2.24) is 9.88 Å². The molecule has 0 bridgehead atoms. The second-order valence-electron chi connectivity index (χ2n) is 5.01.